The van der Waals surface area contributed by atoms with Crippen molar-refractivity contribution in [2.24, 2.45) is 0 Å². The van der Waals surface area contributed by atoms with Crippen molar-refractivity contribution in [3.8, 4) is 0 Å². The van der Waals surface area contributed by atoms with Crippen LogP contribution in [-0.2, 0) is 16.0 Å². The average molecular weight is 336 g/mol. The second kappa shape index (κ2) is 6.14. The number of carbonyl (C=O) groups excluding carboxylic acids is 1. The first-order chi connectivity index (χ1) is 11.0. The lowest BCUT2D eigenvalue weighted by Gasteiger charge is -2.28. The van der Waals surface area contributed by atoms with Gasteiger partial charge in [-0.3, -0.25) is 0 Å². The number of ether oxygens (including phenoxy) is 1. The van der Waals surface area contributed by atoms with Crippen molar-refractivity contribution in [1.82, 2.24) is 10.3 Å². The van der Waals surface area contributed by atoms with Crippen LogP contribution in [0.2, 0.25) is 0 Å². The number of carbonyl (C=O) groups is 2. The number of aliphatic carboxylic acids is 1. The number of rotatable bonds is 4. The van der Waals surface area contributed by atoms with Gasteiger partial charge in [-0.1, -0.05) is 0 Å². The molecule has 2 aromatic rings. The lowest BCUT2D eigenvalue weighted by atomic mass is 9.92. The molecular weight excluding hydrogens is 315 g/mol. The predicted molar refractivity (Wildman–Crippen MR) is 87.4 cm³/mol. The van der Waals surface area contributed by atoms with E-state index in [4.69, 9.17) is 4.74 Å². The first kappa shape index (κ1) is 17.8. The smallest absolute Gasteiger partial charge is 0.408 e. The molecule has 130 valence electrons. The number of fused-ring (bicyclic) bond motifs is 1. The van der Waals surface area contributed by atoms with Crippen LogP contribution in [0.4, 0.5) is 9.18 Å². The van der Waals surface area contributed by atoms with Gasteiger partial charge in [-0.2, -0.15) is 0 Å². The van der Waals surface area contributed by atoms with Crippen molar-refractivity contribution in [2.45, 2.75) is 45.3 Å². The molecule has 1 aromatic heterocycles. The minimum absolute atomic E-state index is 0.0210. The van der Waals surface area contributed by atoms with E-state index in [0.717, 1.165) is 0 Å². The molecule has 0 bridgehead atoms. The number of halogens is 1. The SMILES string of the molecule is CC(C)(C)OC(=O)N[C@@](C)(Cc1c[nH]c2cc(F)ccc12)C(=O)O. The van der Waals surface area contributed by atoms with Crippen molar-refractivity contribution >= 4 is 23.0 Å². The Hall–Kier alpha value is -2.57. The Labute approximate surface area is 139 Å². The van der Waals surface area contributed by atoms with Crippen molar-refractivity contribution in [1.29, 1.82) is 0 Å². The second-order valence-electron chi connectivity index (χ2n) is 6.94. The molecule has 1 atom stereocenters. The molecule has 0 saturated carbocycles. The molecule has 0 radical (unpaired) electrons. The van der Waals surface area contributed by atoms with E-state index in [9.17, 15) is 19.1 Å². The molecular formula is C17H21FN2O4. The van der Waals surface area contributed by atoms with Gasteiger partial charge in [0.25, 0.3) is 0 Å². The lowest BCUT2D eigenvalue weighted by Crippen LogP contribution is -2.54. The Morgan fingerprint density at radius 2 is 1.96 bits per heavy atom. The topological polar surface area (TPSA) is 91.4 Å². The average Bonchev–Trinajstić information content (AvgIpc) is 2.78. The van der Waals surface area contributed by atoms with E-state index in [-0.39, 0.29) is 12.2 Å². The summed E-state index contributed by atoms with van der Waals surface area (Å²) in [7, 11) is 0. The van der Waals surface area contributed by atoms with Crippen LogP contribution in [0, 0.1) is 5.82 Å². The number of H-pyrrole nitrogens is 1. The molecule has 0 aliphatic rings. The summed E-state index contributed by atoms with van der Waals surface area (Å²) in [6.45, 7) is 6.48. The van der Waals surface area contributed by atoms with E-state index in [1.807, 2.05) is 0 Å². The summed E-state index contributed by atoms with van der Waals surface area (Å²) < 4.78 is 18.4. The second-order valence-corrected chi connectivity index (χ2v) is 6.94. The van der Waals surface area contributed by atoms with E-state index in [1.165, 1.54) is 19.1 Å². The number of amides is 1. The molecule has 0 spiro atoms. The van der Waals surface area contributed by atoms with Crippen LogP contribution in [0.15, 0.2) is 24.4 Å². The highest BCUT2D eigenvalue weighted by molar-refractivity contribution is 5.87. The highest BCUT2D eigenvalue weighted by Gasteiger charge is 2.37. The van der Waals surface area contributed by atoms with Gasteiger partial charge in [0, 0.05) is 23.5 Å². The molecule has 6 nitrogen and oxygen atoms in total. The Morgan fingerprint density at radius 3 is 2.54 bits per heavy atom. The fourth-order valence-electron chi connectivity index (χ4n) is 2.39. The number of hydrogen-bond donors (Lipinski definition) is 3. The summed E-state index contributed by atoms with van der Waals surface area (Å²) in [6.07, 6.45) is 0.827. The fraction of sp³-hybridized carbons (Fsp3) is 0.412. The third kappa shape index (κ3) is 4.04. The van der Waals surface area contributed by atoms with E-state index in [1.54, 1.807) is 33.0 Å². The summed E-state index contributed by atoms with van der Waals surface area (Å²) in [5.74, 6) is -1.58. The number of aromatic nitrogens is 1. The minimum atomic E-state index is -1.56. The van der Waals surface area contributed by atoms with Gasteiger partial charge in [0.15, 0.2) is 0 Å². The summed E-state index contributed by atoms with van der Waals surface area (Å²) in [5.41, 5.74) is -1.07. The van der Waals surface area contributed by atoms with Crippen LogP contribution in [-0.4, -0.2) is 33.3 Å². The van der Waals surface area contributed by atoms with Crippen LogP contribution in [0.5, 0.6) is 0 Å². The molecule has 7 heteroatoms. The number of aromatic amines is 1. The largest absolute Gasteiger partial charge is 0.480 e. The molecule has 0 unspecified atom stereocenters. The molecule has 1 amide bonds. The number of benzene rings is 1. The van der Waals surface area contributed by atoms with Gasteiger partial charge in [0.1, 0.15) is 17.0 Å². The maximum Gasteiger partial charge on any atom is 0.408 e. The Bertz CT molecular complexity index is 778. The Kier molecular flexibility index (Phi) is 4.55. The number of nitrogens with one attached hydrogen (secondary N) is 2. The van der Waals surface area contributed by atoms with Crippen LogP contribution in [0.3, 0.4) is 0 Å². The molecule has 24 heavy (non-hydrogen) atoms. The lowest BCUT2D eigenvalue weighted by molar-refractivity contribution is -0.144. The van der Waals surface area contributed by atoms with Crippen LogP contribution in [0.1, 0.15) is 33.3 Å². The van der Waals surface area contributed by atoms with Crippen molar-refractivity contribution < 1.29 is 23.8 Å². The number of alkyl carbamates (subject to hydrolysis) is 1. The molecule has 0 aliphatic carbocycles. The Balaban J connectivity index is 2.26. The first-order valence-electron chi connectivity index (χ1n) is 7.50. The maximum atomic E-state index is 13.3. The van der Waals surface area contributed by atoms with Gasteiger partial charge in [0.2, 0.25) is 0 Å². The van der Waals surface area contributed by atoms with Crippen LogP contribution in [0.25, 0.3) is 10.9 Å². The molecule has 0 fully saturated rings. The van der Waals surface area contributed by atoms with Gasteiger partial charge in [-0.05, 0) is 51.5 Å². The van der Waals surface area contributed by atoms with Crippen LogP contribution < -0.4 is 5.32 Å². The highest BCUT2D eigenvalue weighted by atomic mass is 19.1. The van der Waals surface area contributed by atoms with Crippen molar-refractivity contribution in [3.63, 3.8) is 0 Å². The van der Waals surface area contributed by atoms with Gasteiger partial charge in [0.05, 0.1) is 0 Å². The number of carboxylic acids is 1. The molecule has 2 rings (SSSR count). The standard InChI is InChI=1S/C17H21FN2O4/c1-16(2,3)24-15(23)20-17(4,14(21)22)8-10-9-19-13-7-11(18)5-6-12(10)13/h5-7,9,19H,8H2,1-4H3,(H,20,23)(H,21,22)/t17-/m0/s1. The molecule has 1 aromatic carbocycles. The van der Waals surface area contributed by atoms with Gasteiger partial charge >= 0.3 is 12.1 Å². The van der Waals surface area contributed by atoms with Crippen molar-refractivity contribution in [3.05, 3.63) is 35.8 Å². The third-order valence-electron chi connectivity index (χ3n) is 3.52. The maximum absolute atomic E-state index is 13.3. The summed E-state index contributed by atoms with van der Waals surface area (Å²) in [5, 5.41) is 12.7. The summed E-state index contributed by atoms with van der Waals surface area (Å²) >= 11 is 0. The first-order valence-corrected chi connectivity index (χ1v) is 7.50. The quantitative estimate of drug-likeness (QED) is 0.799. The summed E-state index contributed by atoms with van der Waals surface area (Å²) in [6, 6.07) is 4.21. The van der Waals surface area contributed by atoms with Gasteiger partial charge in [-0.25, -0.2) is 14.0 Å². The molecule has 0 aliphatic heterocycles. The van der Waals surface area contributed by atoms with Gasteiger partial charge < -0.3 is 20.1 Å². The number of hydrogen-bond acceptors (Lipinski definition) is 3. The van der Waals surface area contributed by atoms with Crippen LogP contribution >= 0.6 is 0 Å². The van der Waals surface area contributed by atoms with E-state index >= 15 is 0 Å². The minimum Gasteiger partial charge on any atom is -0.480 e. The van der Waals surface area contributed by atoms with E-state index < -0.39 is 23.2 Å². The zero-order chi connectivity index (χ0) is 18.1. The monoisotopic (exact) mass is 336 g/mol. The van der Waals surface area contributed by atoms with E-state index in [0.29, 0.717) is 16.5 Å². The van der Waals surface area contributed by atoms with Gasteiger partial charge in [-0.15, -0.1) is 0 Å². The summed E-state index contributed by atoms with van der Waals surface area (Å²) in [4.78, 5) is 26.6. The van der Waals surface area contributed by atoms with E-state index in [2.05, 4.69) is 10.3 Å². The zero-order valence-electron chi connectivity index (χ0n) is 14.1. The third-order valence-corrected chi connectivity index (χ3v) is 3.52. The molecule has 0 saturated heterocycles. The predicted octanol–water partition coefficient (Wildman–Crippen LogP) is 3.22. The van der Waals surface area contributed by atoms with Crippen molar-refractivity contribution in [2.75, 3.05) is 0 Å². The zero-order valence-corrected chi connectivity index (χ0v) is 14.1. The fourth-order valence-corrected chi connectivity index (χ4v) is 2.39. The highest BCUT2D eigenvalue weighted by Crippen LogP contribution is 2.24. The molecule has 3 N–H and O–H groups in total. The Morgan fingerprint density at radius 1 is 1.29 bits per heavy atom. The number of carboxylic acid groups (broad SMARTS) is 1. The molecule has 1 heterocycles. The normalized spacial score (nSPS) is 14.2.